The van der Waals surface area contributed by atoms with Crippen molar-refractivity contribution in [1.29, 1.82) is 0 Å². The molecule has 7 heteroatoms. The van der Waals surface area contributed by atoms with E-state index in [1.54, 1.807) is 0 Å². The summed E-state index contributed by atoms with van der Waals surface area (Å²) in [5.41, 5.74) is 0. The normalized spacial score (nSPS) is 11.4. The molecule has 0 bridgehead atoms. The fourth-order valence-electron chi connectivity index (χ4n) is 3.06. The molecule has 3 aromatic rings. The van der Waals surface area contributed by atoms with Gasteiger partial charge in [0.15, 0.2) is 0 Å². The molecular weight excluding hydrogens is 455 g/mol. The lowest BCUT2D eigenvalue weighted by molar-refractivity contribution is -0.119. The molecule has 3 aromatic carbocycles. The second-order valence-corrected chi connectivity index (χ2v) is 11.7. The van der Waals surface area contributed by atoms with E-state index in [0.29, 0.717) is 6.29 Å². The standard InChI is InChI=1S/C21H17Cl3NOP.ClH/c22-21(23,24)20(26)25-16-27(17-10-4-1-5-11-17,18-12-6-2-7-13-18)19-14-8-3-9-15-19;/h1-15H,16H2;1H/p+1. The van der Waals surface area contributed by atoms with Crippen LogP contribution >= 0.6 is 54.5 Å². The summed E-state index contributed by atoms with van der Waals surface area (Å²) >= 11 is 17.3. The van der Waals surface area contributed by atoms with E-state index in [1.807, 2.05) is 54.6 Å². The van der Waals surface area contributed by atoms with Gasteiger partial charge in [-0.25, -0.2) is 0 Å². The molecule has 28 heavy (non-hydrogen) atoms. The predicted octanol–water partition coefficient (Wildman–Crippen LogP) is 4.85. The van der Waals surface area contributed by atoms with Crippen molar-refractivity contribution in [2.24, 2.45) is 0 Å². The fourth-order valence-corrected chi connectivity index (χ4v) is 7.13. The first-order valence-corrected chi connectivity index (χ1v) is 11.5. The van der Waals surface area contributed by atoms with Crippen molar-refractivity contribution in [2.45, 2.75) is 3.79 Å². The summed E-state index contributed by atoms with van der Waals surface area (Å²) in [6, 6.07) is 30.5. The van der Waals surface area contributed by atoms with Gasteiger partial charge in [0, 0.05) is 0 Å². The molecule has 1 N–H and O–H groups in total. The van der Waals surface area contributed by atoms with Gasteiger partial charge in [-0.05, 0) is 36.4 Å². The zero-order valence-electron chi connectivity index (χ0n) is 14.8. The van der Waals surface area contributed by atoms with Crippen LogP contribution in [0, 0.1) is 0 Å². The summed E-state index contributed by atoms with van der Waals surface area (Å²) in [6.07, 6.45) is 0.359. The topological polar surface area (TPSA) is 29.1 Å². The van der Waals surface area contributed by atoms with Crippen molar-refractivity contribution in [1.82, 2.24) is 5.32 Å². The van der Waals surface area contributed by atoms with Crippen LogP contribution in [-0.4, -0.2) is 16.0 Å². The molecule has 0 aliphatic rings. The summed E-state index contributed by atoms with van der Waals surface area (Å²) in [6.45, 7) is 0. The van der Waals surface area contributed by atoms with E-state index in [-0.39, 0.29) is 12.4 Å². The van der Waals surface area contributed by atoms with Gasteiger partial charge in [0.05, 0.1) is 0 Å². The van der Waals surface area contributed by atoms with Gasteiger partial charge >= 0.3 is 0 Å². The third kappa shape index (κ3) is 5.00. The Balaban J connectivity index is 0.00000280. The lowest BCUT2D eigenvalue weighted by Crippen LogP contribution is -2.43. The van der Waals surface area contributed by atoms with Crippen molar-refractivity contribution in [3.63, 3.8) is 0 Å². The van der Waals surface area contributed by atoms with Crippen LogP contribution in [0.3, 0.4) is 0 Å². The van der Waals surface area contributed by atoms with Gasteiger partial charge in [0.1, 0.15) is 29.5 Å². The van der Waals surface area contributed by atoms with Crippen LogP contribution in [0.1, 0.15) is 0 Å². The Bertz CT molecular complexity index is 790. The molecule has 0 spiro atoms. The number of hydrogen-bond acceptors (Lipinski definition) is 1. The second kappa shape index (κ2) is 9.96. The first kappa shape index (κ1) is 23.0. The number of benzene rings is 3. The molecule has 0 saturated carbocycles. The minimum Gasteiger partial charge on any atom is -0.319 e. The first-order chi connectivity index (χ1) is 12.9. The van der Waals surface area contributed by atoms with Crippen molar-refractivity contribution in [3.05, 3.63) is 91.0 Å². The van der Waals surface area contributed by atoms with Gasteiger partial charge in [0.2, 0.25) is 0 Å². The number of halogens is 4. The Kier molecular flexibility index (Phi) is 8.18. The third-order valence-corrected chi connectivity index (χ3v) is 9.01. The number of hydrogen-bond donors (Lipinski definition) is 1. The maximum Gasteiger partial charge on any atom is 0.274 e. The fraction of sp³-hybridized carbons (Fsp3) is 0.0952. The molecule has 0 saturated heterocycles. The maximum absolute atomic E-state index is 12.3. The Morgan fingerprint density at radius 2 is 1.04 bits per heavy atom. The van der Waals surface area contributed by atoms with Crippen LogP contribution in [0.5, 0.6) is 0 Å². The SMILES string of the molecule is Cl.O=C(NC[P+](c1ccccc1)(c1ccccc1)c1ccccc1)C(Cl)(Cl)Cl. The highest BCUT2D eigenvalue weighted by atomic mass is 35.6. The quantitative estimate of drug-likeness (QED) is 0.416. The summed E-state index contributed by atoms with van der Waals surface area (Å²) in [7, 11) is -2.18. The van der Waals surface area contributed by atoms with E-state index in [4.69, 9.17) is 34.8 Å². The first-order valence-electron chi connectivity index (χ1n) is 8.34. The average molecular weight is 474 g/mol. The second-order valence-electron chi connectivity index (χ2n) is 5.98. The molecule has 1 amide bonds. The van der Waals surface area contributed by atoms with Crippen LogP contribution in [0.4, 0.5) is 0 Å². The largest absolute Gasteiger partial charge is 0.319 e. The number of nitrogens with one attached hydrogen (secondary N) is 1. The highest BCUT2D eigenvalue weighted by molar-refractivity contribution is 7.95. The van der Waals surface area contributed by atoms with Crippen LogP contribution < -0.4 is 21.2 Å². The smallest absolute Gasteiger partial charge is 0.274 e. The molecule has 0 radical (unpaired) electrons. The monoisotopic (exact) mass is 472 g/mol. The molecule has 0 heterocycles. The van der Waals surface area contributed by atoms with Gasteiger partial charge in [0.25, 0.3) is 9.70 Å². The van der Waals surface area contributed by atoms with Crippen LogP contribution in [0.2, 0.25) is 0 Å². The van der Waals surface area contributed by atoms with Crippen LogP contribution in [0.15, 0.2) is 91.0 Å². The van der Waals surface area contributed by atoms with Gasteiger partial charge in [-0.1, -0.05) is 89.4 Å². The molecule has 0 aliphatic heterocycles. The van der Waals surface area contributed by atoms with Crippen LogP contribution in [-0.2, 0) is 4.79 Å². The Hall–Kier alpha value is -1.28. The van der Waals surface area contributed by atoms with E-state index >= 15 is 0 Å². The Labute approximate surface area is 186 Å². The Morgan fingerprint density at radius 1 is 0.714 bits per heavy atom. The lowest BCUT2D eigenvalue weighted by atomic mass is 10.4. The summed E-state index contributed by atoms with van der Waals surface area (Å²) in [5.74, 6) is -0.625. The molecule has 2 nitrogen and oxygen atoms in total. The molecule has 0 atom stereocenters. The number of carbonyl (C=O) groups excluding carboxylic acids is 1. The predicted molar refractivity (Wildman–Crippen MR) is 126 cm³/mol. The molecular formula is C21H19Cl4NOP+. The zero-order valence-corrected chi connectivity index (χ0v) is 18.7. The lowest BCUT2D eigenvalue weighted by Gasteiger charge is -2.28. The number of rotatable bonds is 5. The molecule has 0 aromatic heterocycles. The minimum absolute atomic E-state index is 0. The molecule has 0 aliphatic carbocycles. The van der Waals surface area contributed by atoms with Gasteiger partial charge in [-0.2, -0.15) is 0 Å². The van der Waals surface area contributed by atoms with Crippen molar-refractivity contribution in [3.8, 4) is 0 Å². The minimum atomic E-state index is -2.18. The van der Waals surface area contributed by atoms with Gasteiger partial charge < -0.3 is 5.32 Å². The summed E-state index contributed by atoms with van der Waals surface area (Å²) < 4.78 is -2.00. The molecule has 0 fully saturated rings. The van der Waals surface area contributed by atoms with Gasteiger partial charge in [-0.3, -0.25) is 4.79 Å². The number of amides is 1. The van der Waals surface area contributed by atoms with Crippen LogP contribution in [0.25, 0.3) is 0 Å². The third-order valence-electron chi connectivity index (χ3n) is 4.33. The Morgan fingerprint density at radius 3 is 1.32 bits per heavy atom. The van der Waals surface area contributed by atoms with E-state index in [2.05, 4.69) is 41.7 Å². The van der Waals surface area contributed by atoms with E-state index in [0.717, 1.165) is 15.9 Å². The van der Waals surface area contributed by atoms with Gasteiger partial charge in [-0.15, -0.1) is 12.4 Å². The summed E-state index contributed by atoms with van der Waals surface area (Å²) in [5, 5.41) is 6.31. The van der Waals surface area contributed by atoms with Crippen molar-refractivity contribution in [2.75, 3.05) is 6.29 Å². The zero-order chi connectivity index (χ0) is 19.3. The summed E-state index contributed by atoms with van der Waals surface area (Å²) in [4.78, 5) is 12.3. The number of alkyl halides is 3. The highest BCUT2D eigenvalue weighted by Gasteiger charge is 2.46. The maximum atomic E-state index is 12.3. The average Bonchev–Trinajstić information content (AvgIpc) is 2.70. The van der Waals surface area contributed by atoms with E-state index in [1.165, 1.54) is 0 Å². The molecule has 146 valence electrons. The van der Waals surface area contributed by atoms with Crippen molar-refractivity contribution < 1.29 is 4.79 Å². The van der Waals surface area contributed by atoms with E-state index < -0.39 is 17.0 Å². The molecule has 3 rings (SSSR count). The van der Waals surface area contributed by atoms with Crippen molar-refractivity contribution >= 4 is 76.3 Å². The highest BCUT2D eigenvalue weighted by Crippen LogP contribution is 2.54. The number of carbonyl (C=O) groups is 1. The molecule has 0 unspecified atom stereocenters. The van der Waals surface area contributed by atoms with E-state index in [9.17, 15) is 4.79 Å².